The standard InChI is InChI=1S/C27H22.2CHO2.2Y/c1-3-7-22(8-4-1)19-24-11-15-26(16-12-24)21-27-17-13-25(14-18-27)20-23-9-5-2-6-10-23;2*2-1-3;;/h1-7,9,11-18H,19-21H2;2*(H,2,3);;/q-2;2*-1;;. The summed E-state index contributed by atoms with van der Waals surface area (Å²) in [5.41, 5.74) is 7.82. The summed E-state index contributed by atoms with van der Waals surface area (Å²) < 4.78 is 0. The van der Waals surface area contributed by atoms with E-state index in [1.54, 1.807) is 0 Å². The Morgan fingerprint density at radius 3 is 1.06 bits per heavy atom. The number of benzene rings is 4. The Morgan fingerprint density at radius 1 is 0.514 bits per heavy atom. The maximum absolute atomic E-state index is 8.24. The van der Waals surface area contributed by atoms with Crippen LogP contribution >= 0.6 is 0 Å². The van der Waals surface area contributed by atoms with Gasteiger partial charge in [0.1, 0.15) is 0 Å². The second-order valence-corrected chi connectivity index (χ2v) is 7.12. The molecule has 2 N–H and O–H groups in total. The van der Waals surface area contributed by atoms with Gasteiger partial charge in [0, 0.05) is 65.4 Å². The first-order valence-corrected chi connectivity index (χ1v) is 10.3. The van der Waals surface area contributed by atoms with E-state index in [1.165, 1.54) is 33.4 Å². The Hall–Kier alpha value is -1.97. The molecule has 0 saturated heterocycles. The van der Waals surface area contributed by atoms with E-state index in [-0.39, 0.29) is 65.4 Å². The molecule has 4 nitrogen and oxygen atoms in total. The van der Waals surface area contributed by atoms with E-state index < -0.39 is 0 Å². The summed E-state index contributed by atoms with van der Waals surface area (Å²) in [4.78, 5) is 16.5. The first kappa shape index (κ1) is 33.0. The van der Waals surface area contributed by atoms with Crippen molar-refractivity contribution in [1.29, 1.82) is 0 Å². The molecule has 0 atom stereocenters. The van der Waals surface area contributed by atoms with E-state index in [0.29, 0.717) is 12.9 Å². The molecule has 0 aliphatic carbocycles. The Morgan fingerprint density at radius 2 is 0.800 bits per heavy atom. The third-order valence-electron chi connectivity index (χ3n) is 4.79. The van der Waals surface area contributed by atoms with Gasteiger partial charge in [0.15, 0.2) is 0 Å². The summed E-state index contributed by atoms with van der Waals surface area (Å²) >= 11 is 0. The van der Waals surface area contributed by atoms with Crippen LogP contribution in [0.3, 0.4) is 0 Å². The van der Waals surface area contributed by atoms with Crippen LogP contribution in [0.1, 0.15) is 33.4 Å². The minimum atomic E-state index is 0. The Balaban J connectivity index is 0.00000132. The average molecular weight is 614 g/mol. The maximum atomic E-state index is 8.24. The molecule has 0 aliphatic heterocycles. The van der Waals surface area contributed by atoms with Crippen molar-refractivity contribution in [2.75, 3.05) is 0 Å². The van der Waals surface area contributed by atoms with E-state index in [2.05, 4.69) is 84.9 Å². The summed E-state index contributed by atoms with van der Waals surface area (Å²) in [5.74, 6) is 0. The van der Waals surface area contributed by atoms with Gasteiger partial charge in [0.25, 0.3) is 0 Å². The summed E-state index contributed by atoms with van der Waals surface area (Å²) in [5, 5.41) is 13.5. The van der Waals surface area contributed by atoms with Crippen molar-refractivity contribution in [2.45, 2.75) is 19.3 Å². The van der Waals surface area contributed by atoms with Crippen LogP contribution in [-0.2, 0) is 94.3 Å². The van der Waals surface area contributed by atoms with Gasteiger partial charge < -0.3 is 19.8 Å². The van der Waals surface area contributed by atoms with Gasteiger partial charge in [-0.2, -0.15) is 71.8 Å². The van der Waals surface area contributed by atoms with Crippen molar-refractivity contribution >= 4 is 12.9 Å². The molecule has 174 valence electrons. The van der Waals surface area contributed by atoms with Gasteiger partial charge in [-0.05, 0) is 41.5 Å². The monoisotopic (exact) mass is 614 g/mol. The molecule has 0 aromatic heterocycles. The molecule has 4 rings (SSSR count). The van der Waals surface area contributed by atoms with Gasteiger partial charge in [-0.25, -0.2) is 0 Å². The molecule has 4 aromatic carbocycles. The zero-order valence-electron chi connectivity index (χ0n) is 19.2. The van der Waals surface area contributed by atoms with Crippen LogP contribution in [0.15, 0.2) is 97.1 Å². The van der Waals surface area contributed by atoms with Crippen LogP contribution in [0, 0.1) is 12.1 Å². The molecule has 0 fully saturated rings. The first-order chi connectivity index (χ1) is 16.2. The van der Waals surface area contributed by atoms with E-state index >= 15 is 0 Å². The second-order valence-electron chi connectivity index (χ2n) is 7.12. The van der Waals surface area contributed by atoms with Crippen molar-refractivity contribution in [1.82, 2.24) is 0 Å². The van der Waals surface area contributed by atoms with Crippen molar-refractivity contribution < 1.29 is 85.2 Å². The molecule has 0 amide bonds. The molecule has 0 saturated carbocycles. The molecule has 6 heteroatoms. The predicted octanol–water partition coefficient (Wildman–Crippen LogP) is 5.28. The molecule has 4 aromatic rings. The van der Waals surface area contributed by atoms with Crippen molar-refractivity contribution in [3.63, 3.8) is 0 Å². The molecule has 0 unspecified atom stereocenters. The van der Waals surface area contributed by atoms with E-state index in [1.807, 2.05) is 24.3 Å². The van der Waals surface area contributed by atoms with Crippen LogP contribution in [0.2, 0.25) is 0 Å². The SMILES string of the molecule is O=[C-]O.O=[C-]O.[Y].[Y].[c-]1ccccc1Cc1ccc(Cc2ccc(Cc3[c-]cccc3)cc2)cc1. The van der Waals surface area contributed by atoms with Crippen molar-refractivity contribution in [3.05, 3.63) is 143 Å². The minimum absolute atomic E-state index is 0. The fourth-order valence-corrected chi connectivity index (χ4v) is 3.31. The molecular formula is C29H24O4Y2-4. The summed E-state index contributed by atoms with van der Waals surface area (Å²) in [6.45, 7) is 1.00. The van der Waals surface area contributed by atoms with Gasteiger partial charge >= 0.3 is 0 Å². The number of aliphatic hydroxyl groups excluding tert-OH is 2. The smallest absolute Gasteiger partial charge is 0 e. The van der Waals surface area contributed by atoms with Crippen molar-refractivity contribution in [2.24, 2.45) is 0 Å². The molecule has 2 radical (unpaired) electrons. The molecule has 0 bridgehead atoms. The quantitative estimate of drug-likeness (QED) is 0.290. The predicted molar refractivity (Wildman–Crippen MR) is 129 cm³/mol. The van der Waals surface area contributed by atoms with Gasteiger partial charge in [0.05, 0.1) is 0 Å². The topological polar surface area (TPSA) is 74.6 Å². The minimum Gasteiger partial charge on any atom is -0.665 e. The largest absolute Gasteiger partial charge is 0.665 e. The molecule has 0 spiro atoms. The van der Waals surface area contributed by atoms with Crippen LogP contribution < -0.4 is 0 Å². The van der Waals surface area contributed by atoms with Gasteiger partial charge in [0.2, 0.25) is 0 Å². The first-order valence-electron chi connectivity index (χ1n) is 10.3. The summed E-state index contributed by atoms with van der Waals surface area (Å²) in [7, 11) is 0. The third-order valence-corrected chi connectivity index (χ3v) is 4.79. The fraction of sp³-hybridized carbons (Fsp3) is 0.103. The van der Waals surface area contributed by atoms with Crippen LogP contribution in [0.25, 0.3) is 0 Å². The van der Waals surface area contributed by atoms with Crippen LogP contribution in [-0.4, -0.2) is 23.2 Å². The Labute approximate surface area is 257 Å². The molecule has 0 heterocycles. The Bertz CT molecular complexity index is 980. The zero-order chi connectivity index (χ0) is 23.7. The Kier molecular flexibility index (Phi) is 19.1. The fourth-order valence-electron chi connectivity index (χ4n) is 3.31. The van der Waals surface area contributed by atoms with Crippen molar-refractivity contribution in [3.8, 4) is 0 Å². The molecule has 0 aliphatic rings. The normalized spacial score (nSPS) is 8.91. The zero-order valence-corrected chi connectivity index (χ0v) is 24.9. The van der Waals surface area contributed by atoms with Gasteiger partial charge in [-0.3, -0.25) is 0 Å². The number of hydrogen-bond acceptors (Lipinski definition) is 2. The van der Waals surface area contributed by atoms with Gasteiger partial charge in [-0.1, -0.05) is 61.5 Å². The number of hydrogen-bond donors (Lipinski definition) is 2. The second kappa shape index (κ2) is 20.2. The van der Waals surface area contributed by atoms with E-state index in [4.69, 9.17) is 19.8 Å². The summed E-state index contributed by atoms with van der Waals surface area (Å²) in [6.07, 6.45) is 2.84. The summed E-state index contributed by atoms with van der Waals surface area (Å²) in [6, 6.07) is 40.8. The average Bonchev–Trinajstić information content (AvgIpc) is 2.84. The molecule has 35 heavy (non-hydrogen) atoms. The maximum Gasteiger partial charge on any atom is 0 e. The van der Waals surface area contributed by atoms with E-state index in [0.717, 1.165) is 19.3 Å². The van der Waals surface area contributed by atoms with Gasteiger partial charge in [-0.15, -0.1) is 0 Å². The van der Waals surface area contributed by atoms with Crippen LogP contribution in [0.4, 0.5) is 0 Å². The van der Waals surface area contributed by atoms with Crippen LogP contribution in [0.5, 0.6) is 0 Å². The number of rotatable bonds is 6. The molecular weight excluding hydrogens is 590 g/mol. The third kappa shape index (κ3) is 13.6. The van der Waals surface area contributed by atoms with E-state index in [9.17, 15) is 0 Å².